The van der Waals surface area contributed by atoms with Gasteiger partial charge in [-0.1, -0.05) is 12.8 Å². The highest BCUT2D eigenvalue weighted by Crippen LogP contribution is 2.17. The zero-order valence-electron chi connectivity index (χ0n) is 13.3. The molecule has 0 saturated carbocycles. The van der Waals surface area contributed by atoms with Gasteiger partial charge in [0, 0.05) is 18.2 Å². The summed E-state index contributed by atoms with van der Waals surface area (Å²) in [5.41, 5.74) is 1.43. The average Bonchev–Trinajstić information content (AvgIpc) is 2.75. The summed E-state index contributed by atoms with van der Waals surface area (Å²) in [6, 6.07) is 7.08. The van der Waals surface area contributed by atoms with Gasteiger partial charge in [0.05, 0.1) is 6.04 Å². The number of nitrogens with one attached hydrogen (secondary N) is 1. The van der Waals surface area contributed by atoms with Crippen LogP contribution in [0.4, 0.5) is 5.69 Å². The van der Waals surface area contributed by atoms with E-state index < -0.39 is 0 Å². The van der Waals surface area contributed by atoms with Gasteiger partial charge < -0.3 is 5.32 Å². The first-order valence-corrected chi connectivity index (χ1v) is 7.74. The van der Waals surface area contributed by atoms with Crippen LogP contribution in [0.1, 0.15) is 49.9 Å². The summed E-state index contributed by atoms with van der Waals surface area (Å²) in [4.78, 5) is 25.8. The van der Waals surface area contributed by atoms with E-state index in [1.165, 1.54) is 32.6 Å². The molecule has 0 radical (unpaired) electrons. The number of halogens is 1. The van der Waals surface area contributed by atoms with Gasteiger partial charge in [-0.2, -0.15) is 0 Å². The van der Waals surface area contributed by atoms with Gasteiger partial charge >= 0.3 is 0 Å². The molecule has 0 aliphatic carbocycles. The second-order valence-corrected chi connectivity index (χ2v) is 5.75. The van der Waals surface area contributed by atoms with Gasteiger partial charge in [0.2, 0.25) is 5.91 Å². The van der Waals surface area contributed by atoms with E-state index in [2.05, 4.69) is 10.2 Å². The monoisotopic (exact) mass is 324 g/mol. The molecule has 122 valence electrons. The molecule has 1 aromatic rings. The molecule has 1 atom stereocenters. The van der Waals surface area contributed by atoms with Gasteiger partial charge in [-0.15, -0.1) is 12.4 Å². The SMILES string of the molecule is CC(=O)Nc1ccc(C(=O)C(C)N2CCCCCC2)cc1.Cl. The normalized spacial score (nSPS) is 17.0. The molecular formula is C17H25ClN2O2. The highest BCUT2D eigenvalue weighted by Gasteiger charge is 2.23. The maximum Gasteiger partial charge on any atom is 0.221 e. The zero-order valence-corrected chi connectivity index (χ0v) is 14.1. The van der Waals surface area contributed by atoms with Crippen molar-refractivity contribution in [2.75, 3.05) is 18.4 Å². The number of hydrogen-bond donors (Lipinski definition) is 1. The van der Waals surface area contributed by atoms with Crippen LogP contribution in [0.15, 0.2) is 24.3 Å². The number of carbonyl (C=O) groups is 2. The fourth-order valence-electron chi connectivity index (χ4n) is 2.81. The Labute approximate surface area is 138 Å². The van der Waals surface area contributed by atoms with Crippen molar-refractivity contribution in [2.45, 2.75) is 45.6 Å². The number of likely N-dealkylation sites (tertiary alicyclic amines) is 1. The van der Waals surface area contributed by atoms with Crippen LogP contribution >= 0.6 is 12.4 Å². The minimum Gasteiger partial charge on any atom is -0.326 e. The minimum atomic E-state index is -0.105. The van der Waals surface area contributed by atoms with E-state index in [1.54, 1.807) is 24.3 Å². The molecule has 1 heterocycles. The van der Waals surface area contributed by atoms with Crippen molar-refractivity contribution in [1.82, 2.24) is 4.90 Å². The number of amides is 1. The number of carbonyl (C=O) groups excluding carboxylic acids is 2. The van der Waals surface area contributed by atoms with Crippen molar-refractivity contribution in [2.24, 2.45) is 0 Å². The Balaban J connectivity index is 0.00000242. The van der Waals surface area contributed by atoms with E-state index >= 15 is 0 Å². The van der Waals surface area contributed by atoms with Crippen molar-refractivity contribution < 1.29 is 9.59 Å². The van der Waals surface area contributed by atoms with E-state index in [9.17, 15) is 9.59 Å². The second-order valence-electron chi connectivity index (χ2n) is 5.75. The third kappa shape index (κ3) is 5.11. The molecule has 1 aliphatic heterocycles. The van der Waals surface area contributed by atoms with Crippen molar-refractivity contribution >= 4 is 29.8 Å². The molecule has 0 bridgehead atoms. The molecule has 1 fully saturated rings. The molecular weight excluding hydrogens is 300 g/mol. The van der Waals surface area contributed by atoms with Gasteiger partial charge in [-0.25, -0.2) is 0 Å². The number of hydrogen-bond acceptors (Lipinski definition) is 3. The number of Topliss-reactive ketones (excluding diaryl/α,β-unsaturated/α-hetero) is 1. The lowest BCUT2D eigenvalue weighted by Crippen LogP contribution is -2.39. The number of rotatable bonds is 4. The molecule has 5 heteroatoms. The van der Waals surface area contributed by atoms with E-state index in [0.717, 1.165) is 18.8 Å². The van der Waals surface area contributed by atoms with Crippen molar-refractivity contribution in [1.29, 1.82) is 0 Å². The lowest BCUT2D eigenvalue weighted by atomic mass is 10.0. The zero-order chi connectivity index (χ0) is 15.2. The molecule has 0 spiro atoms. The Kier molecular flexibility index (Phi) is 7.56. The van der Waals surface area contributed by atoms with Crippen LogP contribution in [-0.2, 0) is 4.79 Å². The summed E-state index contributed by atoms with van der Waals surface area (Å²) < 4.78 is 0. The minimum absolute atomic E-state index is 0. The molecule has 1 aromatic carbocycles. The summed E-state index contributed by atoms with van der Waals surface area (Å²) in [5, 5.41) is 2.71. The largest absolute Gasteiger partial charge is 0.326 e. The number of anilines is 1. The van der Waals surface area contributed by atoms with Gasteiger partial charge in [-0.05, 0) is 57.1 Å². The average molecular weight is 325 g/mol. The Morgan fingerprint density at radius 3 is 2.09 bits per heavy atom. The summed E-state index contributed by atoms with van der Waals surface area (Å²) >= 11 is 0. The van der Waals surface area contributed by atoms with Gasteiger partial charge in [0.25, 0.3) is 0 Å². The molecule has 1 aliphatic rings. The molecule has 1 amide bonds. The second kappa shape index (κ2) is 8.91. The van der Waals surface area contributed by atoms with Gasteiger partial charge in [-0.3, -0.25) is 14.5 Å². The first-order chi connectivity index (χ1) is 10.1. The molecule has 2 rings (SSSR count). The summed E-state index contributed by atoms with van der Waals surface area (Å²) in [7, 11) is 0. The summed E-state index contributed by atoms with van der Waals surface area (Å²) in [6.45, 7) is 5.49. The van der Waals surface area contributed by atoms with Crippen LogP contribution in [0, 0.1) is 0 Å². The topological polar surface area (TPSA) is 49.4 Å². The molecule has 22 heavy (non-hydrogen) atoms. The predicted octanol–water partition coefficient (Wildman–Crippen LogP) is 3.51. The number of benzene rings is 1. The van der Waals surface area contributed by atoms with Crippen molar-refractivity contribution in [3.05, 3.63) is 29.8 Å². The van der Waals surface area contributed by atoms with Gasteiger partial charge in [0.1, 0.15) is 0 Å². The molecule has 4 nitrogen and oxygen atoms in total. The van der Waals surface area contributed by atoms with E-state index in [0.29, 0.717) is 5.56 Å². The third-order valence-electron chi connectivity index (χ3n) is 4.06. The lowest BCUT2D eigenvalue weighted by Gasteiger charge is -2.26. The van der Waals surface area contributed by atoms with Crippen molar-refractivity contribution in [3.8, 4) is 0 Å². The number of nitrogens with zero attached hydrogens (tertiary/aromatic N) is 1. The summed E-state index contributed by atoms with van der Waals surface area (Å²) in [6.07, 6.45) is 4.89. The quantitative estimate of drug-likeness (QED) is 0.862. The lowest BCUT2D eigenvalue weighted by molar-refractivity contribution is -0.114. The standard InChI is InChI=1S/C17H24N2O2.ClH/c1-13(19-11-5-3-4-6-12-19)17(21)15-7-9-16(10-8-15)18-14(2)20;/h7-10,13H,3-6,11-12H2,1-2H3,(H,18,20);1H. The van der Waals surface area contributed by atoms with Crippen LogP contribution in [-0.4, -0.2) is 35.7 Å². The smallest absolute Gasteiger partial charge is 0.221 e. The van der Waals surface area contributed by atoms with Crippen LogP contribution in [0.3, 0.4) is 0 Å². The van der Waals surface area contributed by atoms with Crippen LogP contribution < -0.4 is 5.32 Å². The van der Waals surface area contributed by atoms with Gasteiger partial charge in [0.15, 0.2) is 5.78 Å². The molecule has 1 saturated heterocycles. The Morgan fingerprint density at radius 1 is 1.05 bits per heavy atom. The third-order valence-corrected chi connectivity index (χ3v) is 4.06. The first-order valence-electron chi connectivity index (χ1n) is 7.74. The van der Waals surface area contributed by atoms with E-state index in [-0.39, 0.29) is 30.1 Å². The number of ketones is 1. The summed E-state index contributed by atoms with van der Waals surface area (Å²) in [5.74, 6) is 0.0540. The first kappa shape index (κ1) is 18.7. The maximum absolute atomic E-state index is 12.6. The highest BCUT2D eigenvalue weighted by molar-refractivity contribution is 6.00. The Morgan fingerprint density at radius 2 is 1.59 bits per heavy atom. The Hall–Kier alpha value is -1.39. The fraction of sp³-hybridized carbons (Fsp3) is 0.529. The fourth-order valence-corrected chi connectivity index (χ4v) is 2.81. The molecule has 0 aromatic heterocycles. The van der Waals surface area contributed by atoms with Crippen LogP contribution in [0.2, 0.25) is 0 Å². The van der Waals surface area contributed by atoms with E-state index in [4.69, 9.17) is 0 Å². The highest BCUT2D eigenvalue weighted by atomic mass is 35.5. The van der Waals surface area contributed by atoms with E-state index in [1.807, 2.05) is 6.92 Å². The van der Waals surface area contributed by atoms with Crippen LogP contribution in [0.25, 0.3) is 0 Å². The molecule has 1 unspecified atom stereocenters. The van der Waals surface area contributed by atoms with Crippen molar-refractivity contribution in [3.63, 3.8) is 0 Å². The predicted molar refractivity (Wildman–Crippen MR) is 91.8 cm³/mol. The molecule has 1 N–H and O–H groups in total. The van der Waals surface area contributed by atoms with Crippen LogP contribution in [0.5, 0.6) is 0 Å². The maximum atomic E-state index is 12.6. The Bertz CT molecular complexity index is 494.